The minimum Gasteiger partial charge on any atom is -0.256 e. The lowest BCUT2D eigenvalue weighted by atomic mass is 9.82. The summed E-state index contributed by atoms with van der Waals surface area (Å²) < 4.78 is 0. The van der Waals surface area contributed by atoms with Gasteiger partial charge in [0.15, 0.2) is 0 Å². The Morgan fingerprint density at radius 3 is 1.97 bits per heavy atom. The molecule has 0 spiro atoms. The van der Waals surface area contributed by atoms with E-state index in [9.17, 15) is 0 Å². The van der Waals surface area contributed by atoms with Crippen LogP contribution in [0.1, 0.15) is 26.3 Å². The molecule has 6 rings (SSSR count). The van der Waals surface area contributed by atoms with Gasteiger partial charge in [-0.3, -0.25) is 4.98 Å². The van der Waals surface area contributed by atoms with Gasteiger partial charge in [0.25, 0.3) is 0 Å². The van der Waals surface area contributed by atoms with Crippen LogP contribution in [0, 0.1) is 0 Å². The lowest BCUT2D eigenvalue weighted by Gasteiger charge is -2.23. The van der Waals surface area contributed by atoms with Gasteiger partial charge in [-0.15, -0.1) is 0 Å². The standard InChI is InChI=1S/C31H25N/c1-31(2,3)29-19-22(18-21-9-5-7-11-24(21)29)30-28-15-14-25-23-10-6-4-8-20(23)12-13-26(25)27(28)16-17-32-30/h4-19H,1-3H3. The SMILES string of the molecule is CC(C)(C)c1cc(-c2nccc3c2ccc2c4ccccc4ccc32)cc2ccccc12. The summed E-state index contributed by atoms with van der Waals surface area (Å²) in [6.45, 7) is 6.86. The molecule has 0 atom stereocenters. The summed E-state index contributed by atoms with van der Waals surface area (Å²) in [5.41, 5.74) is 3.63. The van der Waals surface area contributed by atoms with E-state index in [-0.39, 0.29) is 5.41 Å². The first-order chi connectivity index (χ1) is 15.5. The largest absolute Gasteiger partial charge is 0.256 e. The molecule has 0 saturated heterocycles. The molecule has 0 saturated carbocycles. The van der Waals surface area contributed by atoms with Crippen molar-refractivity contribution >= 4 is 43.1 Å². The van der Waals surface area contributed by atoms with Gasteiger partial charge in [-0.05, 0) is 66.9 Å². The average molecular weight is 412 g/mol. The quantitative estimate of drug-likeness (QED) is 0.247. The molecule has 0 aliphatic carbocycles. The lowest BCUT2D eigenvalue weighted by Crippen LogP contribution is -2.12. The molecular formula is C31H25N. The first-order valence-corrected chi connectivity index (χ1v) is 11.2. The summed E-state index contributed by atoms with van der Waals surface area (Å²) in [6.07, 6.45) is 1.96. The van der Waals surface area contributed by atoms with E-state index in [0.29, 0.717) is 0 Å². The summed E-state index contributed by atoms with van der Waals surface area (Å²) in [5, 5.41) is 10.2. The van der Waals surface area contributed by atoms with Gasteiger partial charge in [-0.25, -0.2) is 0 Å². The van der Waals surface area contributed by atoms with Gasteiger partial charge in [-0.1, -0.05) is 93.6 Å². The molecule has 0 N–H and O–H groups in total. The van der Waals surface area contributed by atoms with Gasteiger partial charge in [0, 0.05) is 17.1 Å². The molecule has 1 heteroatoms. The van der Waals surface area contributed by atoms with Gasteiger partial charge < -0.3 is 0 Å². The van der Waals surface area contributed by atoms with Gasteiger partial charge >= 0.3 is 0 Å². The second kappa shape index (κ2) is 6.90. The molecule has 0 bridgehead atoms. The second-order valence-electron chi connectivity index (χ2n) is 9.70. The van der Waals surface area contributed by atoms with Crippen molar-refractivity contribution in [1.29, 1.82) is 0 Å². The zero-order valence-electron chi connectivity index (χ0n) is 18.7. The van der Waals surface area contributed by atoms with E-state index >= 15 is 0 Å². The smallest absolute Gasteiger partial charge is 0.0780 e. The summed E-state index contributed by atoms with van der Waals surface area (Å²) in [6, 6.07) is 33.1. The van der Waals surface area contributed by atoms with Crippen molar-refractivity contribution in [2.45, 2.75) is 26.2 Å². The van der Waals surface area contributed by atoms with Crippen LogP contribution in [-0.2, 0) is 5.41 Å². The number of rotatable bonds is 1. The van der Waals surface area contributed by atoms with Gasteiger partial charge in [-0.2, -0.15) is 0 Å². The predicted octanol–water partition coefficient (Wildman–Crippen LogP) is 8.66. The Kier molecular flexibility index (Phi) is 4.10. The Morgan fingerprint density at radius 1 is 0.531 bits per heavy atom. The molecule has 5 aromatic carbocycles. The molecular weight excluding hydrogens is 386 g/mol. The minimum atomic E-state index is 0.0474. The van der Waals surface area contributed by atoms with Crippen molar-refractivity contribution in [3.05, 3.63) is 103 Å². The Bertz CT molecular complexity index is 1650. The van der Waals surface area contributed by atoms with Crippen LogP contribution in [0.15, 0.2) is 97.2 Å². The summed E-state index contributed by atoms with van der Waals surface area (Å²) in [4.78, 5) is 4.88. The van der Waals surface area contributed by atoms with Gasteiger partial charge in [0.05, 0.1) is 5.69 Å². The highest BCUT2D eigenvalue weighted by Gasteiger charge is 2.19. The Balaban J connectivity index is 1.68. The highest BCUT2D eigenvalue weighted by Crippen LogP contribution is 2.38. The third kappa shape index (κ3) is 2.89. The molecule has 32 heavy (non-hydrogen) atoms. The van der Waals surface area contributed by atoms with Crippen LogP contribution in [0.2, 0.25) is 0 Å². The molecule has 0 aliphatic heterocycles. The van der Waals surface area contributed by atoms with E-state index in [1.807, 2.05) is 6.20 Å². The zero-order valence-corrected chi connectivity index (χ0v) is 18.7. The van der Waals surface area contributed by atoms with Crippen molar-refractivity contribution in [2.24, 2.45) is 0 Å². The lowest BCUT2D eigenvalue weighted by molar-refractivity contribution is 0.596. The number of fused-ring (bicyclic) bond motifs is 6. The number of benzene rings is 5. The summed E-state index contributed by atoms with van der Waals surface area (Å²) >= 11 is 0. The fourth-order valence-electron chi connectivity index (χ4n) is 5.05. The Morgan fingerprint density at radius 2 is 1.16 bits per heavy atom. The maximum atomic E-state index is 4.88. The molecule has 0 unspecified atom stereocenters. The molecule has 0 aliphatic rings. The van der Waals surface area contributed by atoms with E-state index in [1.165, 1.54) is 54.2 Å². The molecule has 1 nitrogen and oxygen atoms in total. The van der Waals surface area contributed by atoms with Gasteiger partial charge in [0.1, 0.15) is 0 Å². The second-order valence-corrected chi connectivity index (χ2v) is 9.70. The van der Waals surface area contributed by atoms with E-state index in [0.717, 1.165) is 5.69 Å². The third-order valence-corrected chi connectivity index (χ3v) is 6.61. The predicted molar refractivity (Wildman–Crippen MR) is 138 cm³/mol. The Labute approximate surface area is 188 Å². The monoisotopic (exact) mass is 411 g/mol. The molecule has 0 amide bonds. The van der Waals surface area contributed by atoms with Crippen LogP contribution < -0.4 is 0 Å². The zero-order chi connectivity index (χ0) is 21.9. The molecule has 0 fully saturated rings. The highest BCUT2D eigenvalue weighted by molar-refractivity contribution is 6.19. The van der Waals surface area contributed by atoms with Crippen molar-refractivity contribution in [3.8, 4) is 11.3 Å². The number of pyridine rings is 1. The van der Waals surface area contributed by atoms with Crippen molar-refractivity contribution in [2.75, 3.05) is 0 Å². The fraction of sp³-hybridized carbons (Fsp3) is 0.129. The number of nitrogens with zero attached hydrogens (tertiary/aromatic N) is 1. The van der Waals surface area contributed by atoms with Crippen molar-refractivity contribution < 1.29 is 0 Å². The normalized spacial score (nSPS) is 12.2. The van der Waals surface area contributed by atoms with Crippen LogP contribution in [0.25, 0.3) is 54.3 Å². The minimum absolute atomic E-state index is 0.0474. The van der Waals surface area contributed by atoms with Gasteiger partial charge in [0.2, 0.25) is 0 Å². The van der Waals surface area contributed by atoms with Crippen molar-refractivity contribution in [1.82, 2.24) is 4.98 Å². The average Bonchev–Trinajstić information content (AvgIpc) is 2.82. The summed E-state index contributed by atoms with van der Waals surface area (Å²) in [5.74, 6) is 0. The molecule has 1 heterocycles. The number of aromatic nitrogens is 1. The van der Waals surface area contributed by atoms with Crippen LogP contribution in [-0.4, -0.2) is 4.98 Å². The number of hydrogen-bond acceptors (Lipinski definition) is 1. The van der Waals surface area contributed by atoms with Crippen molar-refractivity contribution in [3.63, 3.8) is 0 Å². The van der Waals surface area contributed by atoms with E-state index in [1.54, 1.807) is 0 Å². The molecule has 6 aromatic rings. The van der Waals surface area contributed by atoms with Crippen LogP contribution >= 0.6 is 0 Å². The Hall–Kier alpha value is -3.71. The highest BCUT2D eigenvalue weighted by atomic mass is 14.7. The van der Waals surface area contributed by atoms with Crippen LogP contribution in [0.5, 0.6) is 0 Å². The van der Waals surface area contributed by atoms with Crippen LogP contribution in [0.4, 0.5) is 0 Å². The maximum Gasteiger partial charge on any atom is 0.0780 e. The molecule has 0 radical (unpaired) electrons. The third-order valence-electron chi connectivity index (χ3n) is 6.61. The van der Waals surface area contributed by atoms with Crippen LogP contribution in [0.3, 0.4) is 0 Å². The van der Waals surface area contributed by atoms with E-state index in [4.69, 9.17) is 4.98 Å². The van der Waals surface area contributed by atoms with E-state index in [2.05, 4.69) is 112 Å². The fourth-order valence-corrected chi connectivity index (χ4v) is 5.05. The number of hydrogen-bond donors (Lipinski definition) is 0. The topological polar surface area (TPSA) is 12.9 Å². The summed E-state index contributed by atoms with van der Waals surface area (Å²) in [7, 11) is 0. The maximum absolute atomic E-state index is 4.88. The first kappa shape index (κ1) is 19.0. The first-order valence-electron chi connectivity index (χ1n) is 11.2. The molecule has 154 valence electrons. The molecule has 1 aromatic heterocycles. The van der Waals surface area contributed by atoms with E-state index < -0.39 is 0 Å².